The number of nitrogens with zero attached hydrogens (tertiary/aromatic N) is 2. The number of fused-ring (bicyclic) bond motifs is 2. The highest BCUT2D eigenvalue weighted by Crippen LogP contribution is 2.36. The number of furan rings is 1. The number of pyridine rings is 1. The lowest BCUT2D eigenvalue weighted by Gasteiger charge is -2.28. The Morgan fingerprint density at radius 2 is 2.00 bits per heavy atom. The number of ether oxygens (including phenoxy) is 1. The van der Waals surface area contributed by atoms with Crippen molar-refractivity contribution >= 4 is 28.9 Å². The number of amides is 4. The maximum Gasteiger partial charge on any atom is 0.417 e. The topological polar surface area (TPSA) is 114 Å². The van der Waals surface area contributed by atoms with Gasteiger partial charge in [0.15, 0.2) is 5.54 Å². The standard InChI is InChI=1S/C21H15F3N4O5/c1-32-13-3-2-10-8-28(17(29)14(10)6-13)9-20(18(30)26-19(31)27-20)15-5-11-4-12(21(22,23)24)7-25-16(11)33-15/h2-7H,8-9H2,1H3,(H2,26,27,30,31)/t20-/m0/s1. The predicted octanol–water partition coefficient (Wildman–Crippen LogP) is 2.55. The summed E-state index contributed by atoms with van der Waals surface area (Å²) in [6, 6.07) is 6.20. The van der Waals surface area contributed by atoms with Crippen molar-refractivity contribution < 1.29 is 36.7 Å². The number of hydrogen-bond acceptors (Lipinski definition) is 6. The minimum atomic E-state index is -4.62. The SMILES string of the molecule is COc1ccc2c(c1)C(=O)N(C[C@@]1(c3cc4cc(C(F)(F)F)cnc4o3)NC(=O)NC1=O)C2. The van der Waals surface area contributed by atoms with E-state index < -0.39 is 35.1 Å². The molecule has 2 aromatic heterocycles. The van der Waals surface area contributed by atoms with Crippen LogP contribution in [0.3, 0.4) is 0 Å². The third-order valence-electron chi connectivity index (χ3n) is 5.69. The van der Waals surface area contributed by atoms with Crippen molar-refractivity contribution in [2.75, 3.05) is 13.7 Å². The van der Waals surface area contributed by atoms with E-state index >= 15 is 0 Å². The number of alkyl halides is 3. The van der Waals surface area contributed by atoms with Gasteiger partial charge in [0.25, 0.3) is 11.8 Å². The normalized spacial score (nSPS) is 20.2. The van der Waals surface area contributed by atoms with Crippen molar-refractivity contribution in [1.29, 1.82) is 0 Å². The lowest BCUT2D eigenvalue weighted by molar-refractivity contribution is -0.137. The summed E-state index contributed by atoms with van der Waals surface area (Å²) in [6.07, 6.45) is -4.01. The second-order valence-corrected chi connectivity index (χ2v) is 7.72. The number of aromatic nitrogens is 1. The summed E-state index contributed by atoms with van der Waals surface area (Å²) < 4.78 is 49.9. The summed E-state index contributed by atoms with van der Waals surface area (Å²) in [5, 5.41) is 4.58. The van der Waals surface area contributed by atoms with Crippen LogP contribution in [0.5, 0.6) is 5.75 Å². The molecule has 12 heteroatoms. The number of carbonyl (C=O) groups is 3. The minimum Gasteiger partial charge on any atom is -0.497 e. The first-order chi connectivity index (χ1) is 15.6. The fourth-order valence-electron chi connectivity index (χ4n) is 4.03. The largest absolute Gasteiger partial charge is 0.497 e. The summed E-state index contributed by atoms with van der Waals surface area (Å²) >= 11 is 0. The molecule has 4 heterocycles. The highest BCUT2D eigenvalue weighted by Gasteiger charge is 2.53. The van der Waals surface area contributed by atoms with Gasteiger partial charge in [0, 0.05) is 23.7 Å². The van der Waals surface area contributed by atoms with Gasteiger partial charge in [0.05, 0.1) is 19.2 Å². The molecule has 0 radical (unpaired) electrons. The average Bonchev–Trinajstić information content (AvgIpc) is 3.41. The molecule has 9 nitrogen and oxygen atoms in total. The lowest BCUT2D eigenvalue weighted by Crippen LogP contribution is -2.52. The summed E-state index contributed by atoms with van der Waals surface area (Å²) in [5.41, 5.74) is -1.91. The fourth-order valence-corrected chi connectivity index (χ4v) is 4.03. The number of imide groups is 1. The van der Waals surface area contributed by atoms with Gasteiger partial charge in [-0.25, -0.2) is 9.78 Å². The Labute approximate surface area is 183 Å². The number of carbonyl (C=O) groups excluding carboxylic acids is 3. The van der Waals surface area contributed by atoms with Crippen molar-refractivity contribution in [2.45, 2.75) is 18.3 Å². The number of nitrogens with one attached hydrogen (secondary N) is 2. The second-order valence-electron chi connectivity index (χ2n) is 7.72. The number of methoxy groups -OCH3 is 1. The highest BCUT2D eigenvalue weighted by atomic mass is 19.4. The molecule has 1 saturated heterocycles. The van der Waals surface area contributed by atoms with Crippen LogP contribution in [0.15, 0.2) is 40.9 Å². The van der Waals surface area contributed by atoms with Crippen molar-refractivity contribution in [2.24, 2.45) is 0 Å². The average molecular weight is 460 g/mol. The molecule has 2 aliphatic heterocycles. The molecule has 5 rings (SSSR count). The molecule has 2 N–H and O–H groups in total. The van der Waals surface area contributed by atoms with Gasteiger partial charge >= 0.3 is 12.2 Å². The van der Waals surface area contributed by atoms with Gasteiger partial charge in [-0.05, 0) is 29.8 Å². The van der Waals surface area contributed by atoms with Crippen LogP contribution in [0.4, 0.5) is 18.0 Å². The van der Waals surface area contributed by atoms with Gasteiger partial charge in [-0.15, -0.1) is 0 Å². The van der Waals surface area contributed by atoms with E-state index in [0.29, 0.717) is 23.1 Å². The molecule has 0 bridgehead atoms. The molecule has 1 fully saturated rings. The Bertz CT molecular complexity index is 1340. The second kappa shape index (κ2) is 6.95. The monoisotopic (exact) mass is 460 g/mol. The van der Waals surface area contributed by atoms with Crippen molar-refractivity contribution in [3.63, 3.8) is 0 Å². The molecule has 1 aromatic carbocycles. The first-order valence-corrected chi connectivity index (χ1v) is 9.68. The zero-order valence-corrected chi connectivity index (χ0v) is 16.9. The zero-order valence-electron chi connectivity index (χ0n) is 16.9. The van der Waals surface area contributed by atoms with Crippen LogP contribution >= 0.6 is 0 Å². The van der Waals surface area contributed by atoms with Crippen molar-refractivity contribution in [3.8, 4) is 5.75 Å². The third-order valence-corrected chi connectivity index (χ3v) is 5.69. The van der Waals surface area contributed by atoms with Crippen LogP contribution in [0.2, 0.25) is 0 Å². The van der Waals surface area contributed by atoms with Crippen LogP contribution in [-0.4, -0.2) is 41.4 Å². The van der Waals surface area contributed by atoms with Crippen molar-refractivity contribution in [3.05, 3.63) is 59.0 Å². The van der Waals surface area contributed by atoms with E-state index in [0.717, 1.165) is 6.07 Å². The van der Waals surface area contributed by atoms with Crippen LogP contribution < -0.4 is 15.4 Å². The van der Waals surface area contributed by atoms with Crippen LogP contribution in [0, 0.1) is 0 Å². The van der Waals surface area contributed by atoms with Gasteiger partial charge in [-0.1, -0.05) is 6.07 Å². The van der Waals surface area contributed by atoms with Gasteiger partial charge in [0.2, 0.25) is 5.71 Å². The molecule has 0 aliphatic carbocycles. The van der Waals surface area contributed by atoms with Crippen LogP contribution in [0.25, 0.3) is 11.1 Å². The molecule has 3 aromatic rings. The van der Waals surface area contributed by atoms with E-state index in [1.807, 2.05) is 0 Å². The highest BCUT2D eigenvalue weighted by molar-refractivity contribution is 6.08. The summed E-state index contributed by atoms with van der Waals surface area (Å²) in [4.78, 5) is 42.9. The van der Waals surface area contributed by atoms with Gasteiger partial charge in [-0.2, -0.15) is 13.2 Å². The van der Waals surface area contributed by atoms with Gasteiger partial charge in [-0.3, -0.25) is 14.9 Å². The number of hydrogen-bond donors (Lipinski definition) is 2. The molecule has 4 amide bonds. The number of urea groups is 1. The zero-order chi connectivity index (χ0) is 23.5. The number of rotatable bonds is 4. The molecular formula is C21H15F3N4O5. The van der Waals surface area contributed by atoms with E-state index in [1.54, 1.807) is 18.2 Å². The Morgan fingerprint density at radius 3 is 2.67 bits per heavy atom. The summed E-state index contributed by atoms with van der Waals surface area (Å²) in [7, 11) is 1.46. The minimum absolute atomic E-state index is 0.00563. The van der Waals surface area contributed by atoms with E-state index in [2.05, 4.69) is 15.6 Å². The quantitative estimate of drug-likeness (QED) is 0.579. The first kappa shape index (κ1) is 20.8. The first-order valence-electron chi connectivity index (χ1n) is 9.68. The number of halogens is 3. The van der Waals surface area contributed by atoms with Crippen LogP contribution in [-0.2, 0) is 23.1 Å². The van der Waals surface area contributed by atoms with E-state index in [1.165, 1.54) is 18.1 Å². The Hall–Kier alpha value is -4.09. The van der Waals surface area contributed by atoms with E-state index in [-0.39, 0.29) is 29.9 Å². The summed E-state index contributed by atoms with van der Waals surface area (Å²) in [5.74, 6) is -0.863. The number of benzene rings is 1. The molecular weight excluding hydrogens is 445 g/mol. The fraction of sp³-hybridized carbons (Fsp3) is 0.238. The molecule has 0 saturated carbocycles. The van der Waals surface area contributed by atoms with Crippen LogP contribution in [0.1, 0.15) is 27.2 Å². The Morgan fingerprint density at radius 1 is 1.21 bits per heavy atom. The maximum absolute atomic E-state index is 13.1. The maximum atomic E-state index is 13.1. The smallest absolute Gasteiger partial charge is 0.417 e. The third kappa shape index (κ3) is 3.25. The Kier molecular flexibility index (Phi) is 4.38. The lowest BCUT2D eigenvalue weighted by atomic mass is 9.95. The Balaban J connectivity index is 1.54. The van der Waals surface area contributed by atoms with Crippen molar-refractivity contribution in [1.82, 2.24) is 20.5 Å². The van der Waals surface area contributed by atoms with E-state index in [4.69, 9.17) is 9.15 Å². The van der Waals surface area contributed by atoms with Gasteiger partial charge < -0.3 is 19.4 Å². The predicted molar refractivity (Wildman–Crippen MR) is 105 cm³/mol. The van der Waals surface area contributed by atoms with Gasteiger partial charge in [0.1, 0.15) is 11.5 Å². The molecule has 0 unspecified atom stereocenters. The molecule has 2 aliphatic rings. The summed E-state index contributed by atoms with van der Waals surface area (Å²) in [6.45, 7) is -0.161. The molecule has 1 atom stereocenters. The molecule has 170 valence electrons. The molecule has 0 spiro atoms. The molecule has 33 heavy (non-hydrogen) atoms. The van der Waals surface area contributed by atoms with E-state index in [9.17, 15) is 27.6 Å².